The van der Waals surface area contributed by atoms with Crippen LogP contribution in [0.4, 0.5) is 4.79 Å². The Morgan fingerprint density at radius 3 is 2.11 bits per heavy atom. The summed E-state index contributed by atoms with van der Waals surface area (Å²) in [4.78, 5) is 11.7. The van der Waals surface area contributed by atoms with Crippen LogP contribution in [-0.4, -0.2) is 35.5 Å². The summed E-state index contributed by atoms with van der Waals surface area (Å²) in [5, 5.41) is 12.8. The van der Waals surface area contributed by atoms with E-state index in [2.05, 4.69) is 5.32 Å². The maximum absolute atomic E-state index is 11.7. The van der Waals surface area contributed by atoms with Gasteiger partial charge in [-0.25, -0.2) is 4.79 Å². The van der Waals surface area contributed by atoms with Crippen LogP contribution >= 0.6 is 0 Å². The summed E-state index contributed by atoms with van der Waals surface area (Å²) in [6.45, 7) is 11.6. The third-order valence-corrected chi connectivity index (χ3v) is 2.45. The van der Waals surface area contributed by atoms with Crippen molar-refractivity contribution in [3.8, 4) is 0 Å². The molecule has 0 fully saturated rings. The highest BCUT2D eigenvalue weighted by Gasteiger charge is 2.33. The van der Waals surface area contributed by atoms with E-state index in [0.29, 0.717) is 13.0 Å². The fourth-order valence-electron chi connectivity index (χ4n) is 1.66. The Kier molecular flexibility index (Phi) is 6.10. The first-order chi connectivity index (χ1) is 7.97. The molecule has 2 unspecified atom stereocenters. The Morgan fingerprint density at radius 1 is 1.28 bits per heavy atom. The molecule has 0 aromatic rings. The zero-order valence-corrected chi connectivity index (χ0v) is 12.4. The molecule has 0 aromatic heterocycles. The molecule has 0 bridgehead atoms. The van der Waals surface area contributed by atoms with Crippen LogP contribution in [0.15, 0.2) is 0 Å². The minimum absolute atomic E-state index is 0.272. The van der Waals surface area contributed by atoms with E-state index >= 15 is 0 Å². The number of hydrogen-bond acceptors (Lipinski definition) is 4. The third kappa shape index (κ3) is 6.81. The maximum Gasteiger partial charge on any atom is 0.407 e. The van der Waals surface area contributed by atoms with Crippen LogP contribution in [0.25, 0.3) is 0 Å². The second-order valence-corrected chi connectivity index (χ2v) is 6.63. The highest BCUT2D eigenvalue weighted by Crippen LogP contribution is 2.23. The van der Waals surface area contributed by atoms with Crippen LogP contribution in [0.1, 0.15) is 48.0 Å². The SMILES string of the molecule is CC(C)(C)OC(=O)NC(C(O)CCN)C(C)(C)C. The molecule has 5 heteroatoms. The molecule has 2 atom stereocenters. The number of carbonyl (C=O) groups excluding carboxylic acids is 1. The van der Waals surface area contributed by atoms with Gasteiger partial charge in [-0.2, -0.15) is 0 Å². The molecule has 0 aliphatic heterocycles. The van der Waals surface area contributed by atoms with Crippen molar-refractivity contribution in [1.82, 2.24) is 5.32 Å². The number of aliphatic hydroxyl groups excluding tert-OH is 1. The van der Waals surface area contributed by atoms with Crippen molar-refractivity contribution < 1.29 is 14.6 Å². The molecule has 0 aliphatic rings. The minimum atomic E-state index is -0.678. The van der Waals surface area contributed by atoms with Gasteiger partial charge >= 0.3 is 6.09 Å². The second kappa shape index (κ2) is 6.38. The van der Waals surface area contributed by atoms with E-state index in [4.69, 9.17) is 10.5 Å². The molecule has 0 heterocycles. The number of ether oxygens (including phenoxy) is 1. The topological polar surface area (TPSA) is 84.6 Å². The van der Waals surface area contributed by atoms with Crippen molar-refractivity contribution in [3.63, 3.8) is 0 Å². The highest BCUT2D eigenvalue weighted by atomic mass is 16.6. The van der Waals surface area contributed by atoms with Crippen molar-refractivity contribution >= 4 is 6.09 Å². The van der Waals surface area contributed by atoms with E-state index in [1.807, 2.05) is 20.8 Å². The Bertz CT molecular complexity index is 266. The molecule has 108 valence electrons. The lowest BCUT2D eigenvalue weighted by Gasteiger charge is -2.35. The molecule has 0 rings (SSSR count). The molecule has 1 amide bonds. The Labute approximate surface area is 110 Å². The number of amides is 1. The predicted octanol–water partition coefficient (Wildman–Crippen LogP) is 1.64. The zero-order valence-electron chi connectivity index (χ0n) is 12.4. The fourth-order valence-corrected chi connectivity index (χ4v) is 1.66. The molecule has 0 saturated heterocycles. The third-order valence-electron chi connectivity index (χ3n) is 2.45. The molecule has 18 heavy (non-hydrogen) atoms. The first-order valence-electron chi connectivity index (χ1n) is 6.35. The monoisotopic (exact) mass is 260 g/mol. The molecule has 0 spiro atoms. The average Bonchev–Trinajstić information content (AvgIpc) is 2.09. The van der Waals surface area contributed by atoms with Crippen molar-refractivity contribution in [2.45, 2.75) is 65.7 Å². The van der Waals surface area contributed by atoms with Gasteiger partial charge in [0.05, 0.1) is 12.1 Å². The number of nitrogens with two attached hydrogens (primary N) is 1. The molecule has 0 aromatic carbocycles. The van der Waals surface area contributed by atoms with Crippen molar-refractivity contribution in [2.24, 2.45) is 11.1 Å². The van der Waals surface area contributed by atoms with Crippen molar-refractivity contribution in [1.29, 1.82) is 0 Å². The minimum Gasteiger partial charge on any atom is -0.444 e. The Hall–Kier alpha value is -0.810. The van der Waals surface area contributed by atoms with Gasteiger partial charge in [-0.3, -0.25) is 0 Å². The maximum atomic E-state index is 11.7. The number of aliphatic hydroxyl groups is 1. The van der Waals surface area contributed by atoms with Crippen LogP contribution < -0.4 is 11.1 Å². The normalized spacial score (nSPS) is 16.0. The number of carbonyl (C=O) groups is 1. The molecule has 0 radical (unpaired) electrons. The summed E-state index contributed by atoms with van der Waals surface area (Å²) in [6.07, 6.45) is -0.751. The van der Waals surface area contributed by atoms with Crippen molar-refractivity contribution in [2.75, 3.05) is 6.54 Å². The molecular formula is C13H28N2O3. The molecular weight excluding hydrogens is 232 g/mol. The van der Waals surface area contributed by atoms with E-state index in [1.54, 1.807) is 20.8 Å². The summed E-state index contributed by atoms with van der Waals surface area (Å²) in [5.74, 6) is 0. The Balaban J connectivity index is 4.66. The summed E-state index contributed by atoms with van der Waals surface area (Å²) >= 11 is 0. The van der Waals surface area contributed by atoms with Gasteiger partial charge in [-0.15, -0.1) is 0 Å². The van der Waals surface area contributed by atoms with Crippen molar-refractivity contribution in [3.05, 3.63) is 0 Å². The second-order valence-electron chi connectivity index (χ2n) is 6.63. The highest BCUT2D eigenvalue weighted by molar-refractivity contribution is 5.68. The molecule has 0 saturated carbocycles. The van der Waals surface area contributed by atoms with Gasteiger partial charge < -0.3 is 20.9 Å². The number of rotatable bonds is 4. The summed E-state index contributed by atoms with van der Waals surface area (Å²) in [5.41, 5.74) is 4.62. The first kappa shape index (κ1) is 17.2. The largest absolute Gasteiger partial charge is 0.444 e. The van der Waals surface area contributed by atoms with Crippen LogP contribution in [0, 0.1) is 5.41 Å². The number of hydrogen-bond donors (Lipinski definition) is 3. The summed E-state index contributed by atoms with van der Waals surface area (Å²) in [7, 11) is 0. The van der Waals surface area contributed by atoms with Gasteiger partial charge in [-0.05, 0) is 39.2 Å². The van der Waals surface area contributed by atoms with E-state index in [-0.39, 0.29) is 5.41 Å². The lowest BCUT2D eigenvalue weighted by atomic mass is 9.82. The number of alkyl carbamates (subject to hydrolysis) is 1. The lowest BCUT2D eigenvalue weighted by Crippen LogP contribution is -2.52. The van der Waals surface area contributed by atoms with Gasteiger partial charge in [-0.1, -0.05) is 20.8 Å². The van der Waals surface area contributed by atoms with Gasteiger partial charge in [0.1, 0.15) is 5.60 Å². The van der Waals surface area contributed by atoms with Crippen LogP contribution in [0.3, 0.4) is 0 Å². The molecule has 5 nitrogen and oxygen atoms in total. The molecule has 0 aliphatic carbocycles. The Morgan fingerprint density at radius 2 is 1.78 bits per heavy atom. The fraction of sp³-hybridized carbons (Fsp3) is 0.923. The van der Waals surface area contributed by atoms with Crippen LogP contribution in [-0.2, 0) is 4.74 Å². The summed E-state index contributed by atoms with van der Waals surface area (Å²) < 4.78 is 5.20. The van der Waals surface area contributed by atoms with E-state index < -0.39 is 23.8 Å². The quantitative estimate of drug-likeness (QED) is 0.717. The smallest absolute Gasteiger partial charge is 0.407 e. The predicted molar refractivity (Wildman–Crippen MR) is 72.3 cm³/mol. The number of nitrogens with one attached hydrogen (secondary N) is 1. The van der Waals surface area contributed by atoms with Gasteiger partial charge in [0.2, 0.25) is 0 Å². The molecule has 4 N–H and O–H groups in total. The van der Waals surface area contributed by atoms with Gasteiger partial charge in [0, 0.05) is 0 Å². The average molecular weight is 260 g/mol. The summed E-state index contributed by atoms with van der Waals surface area (Å²) in [6, 6.07) is -0.393. The standard InChI is InChI=1S/C13H28N2O3/c1-12(2,3)10(9(16)7-8-14)15-11(17)18-13(4,5)6/h9-10,16H,7-8,14H2,1-6H3,(H,15,17). The van der Waals surface area contributed by atoms with Gasteiger partial charge in [0.15, 0.2) is 0 Å². The van der Waals surface area contributed by atoms with E-state index in [9.17, 15) is 9.90 Å². The zero-order chi connectivity index (χ0) is 14.6. The van der Waals surface area contributed by atoms with Gasteiger partial charge in [0.25, 0.3) is 0 Å². The van der Waals surface area contributed by atoms with E-state index in [1.165, 1.54) is 0 Å². The van der Waals surface area contributed by atoms with Crippen LogP contribution in [0.5, 0.6) is 0 Å². The van der Waals surface area contributed by atoms with E-state index in [0.717, 1.165) is 0 Å². The first-order valence-corrected chi connectivity index (χ1v) is 6.35. The lowest BCUT2D eigenvalue weighted by molar-refractivity contribution is 0.0260. The van der Waals surface area contributed by atoms with Crippen LogP contribution in [0.2, 0.25) is 0 Å².